The molecule has 0 bridgehead atoms. The fraction of sp³-hybridized carbons (Fsp3) is 0.324. The molecule has 0 spiro atoms. The number of ether oxygens (including phenoxy) is 1. The van der Waals surface area contributed by atoms with Crippen molar-refractivity contribution in [2.45, 2.75) is 64.9 Å². The number of carbonyl (C=O) groups is 1. The smallest absolute Gasteiger partial charge is 0.434 e. The van der Waals surface area contributed by atoms with Crippen molar-refractivity contribution < 1.29 is 19.1 Å². The van der Waals surface area contributed by atoms with Gasteiger partial charge in [0, 0.05) is 17.5 Å². The van der Waals surface area contributed by atoms with Gasteiger partial charge in [-0.15, -0.1) is 5.10 Å². The van der Waals surface area contributed by atoms with Crippen LogP contribution in [0.25, 0.3) is 17.5 Å². The molecule has 0 saturated heterocycles. The lowest BCUT2D eigenvalue weighted by atomic mass is 9.87. The van der Waals surface area contributed by atoms with Crippen molar-refractivity contribution in [1.29, 1.82) is 0 Å². The predicted molar refractivity (Wildman–Crippen MR) is 161 cm³/mol. The van der Waals surface area contributed by atoms with Crippen LogP contribution < -0.4 is 10.5 Å². The zero-order valence-electron chi connectivity index (χ0n) is 23.9. The first-order chi connectivity index (χ1) is 19.7. The first-order valence-corrected chi connectivity index (χ1v) is 14.0. The van der Waals surface area contributed by atoms with Gasteiger partial charge >= 0.3 is 11.7 Å². The second-order valence-corrected chi connectivity index (χ2v) is 11.4. The zero-order valence-corrected chi connectivity index (χ0v) is 23.9. The Morgan fingerprint density at radius 1 is 1.00 bits per heavy atom. The summed E-state index contributed by atoms with van der Waals surface area (Å²) < 4.78 is 11.3. The summed E-state index contributed by atoms with van der Waals surface area (Å²) in [5, 5.41) is 15.2. The van der Waals surface area contributed by atoms with Gasteiger partial charge in [0.2, 0.25) is 5.89 Å². The van der Waals surface area contributed by atoms with Crippen molar-refractivity contribution in [3.05, 3.63) is 112 Å². The Labute approximate surface area is 240 Å². The van der Waals surface area contributed by atoms with Crippen LogP contribution in [-0.2, 0) is 23.2 Å². The highest BCUT2D eigenvalue weighted by atomic mass is 16.5. The molecular weight excluding hydrogens is 516 g/mol. The van der Waals surface area contributed by atoms with Gasteiger partial charge in [-0.2, -0.15) is 0 Å². The number of aromatic amines is 1. The maximum Gasteiger partial charge on any atom is 0.434 e. The van der Waals surface area contributed by atoms with Crippen molar-refractivity contribution >= 4 is 12.0 Å². The second kappa shape index (κ2) is 13.8. The first-order valence-electron chi connectivity index (χ1n) is 14.0. The number of aromatic nitrogens is 2. The molecule has 3 aromatic carbocycles. The quantitative estimate of drug-likeness (QED) is 0.167. The Kier molecular flexibility index (Phi) is 9.95. The Bertz CT molecular complexity index is 1490. The largest absolute Gasteiger partial charge is 0.488 e. The molecule has 41 heavy (non-hydrogen) atoms. The molecule has 0 fully saturated rings. The van der Waals surface area contributed by atoms with E-state index in [9.17, 15) is 9.59 Å². The molecule has 0 amide bonds. The number of unbranched alkanes of at least 4 members (excludes halogenated alkanes) is 1. The topological polar surface area (TPSA) is 105 Å². The second-order valence-electron chi connectivity index (χ2n) is 11.4. The van der Waals surface area contributed by atoms with Crippen molar-refractivity contribution in [3.63, 3.8) is 0 Å². The molecule has 4 aromatic rings. The van der Waals surface area contributed by atoms with Gasteiger partial charge in [-0.05, 0) is 65.5 Å². The molecule has 0 aliphatic rings. The molecule has 7 nitrogen and oxygen atoms in total. The van der Waals surface area contributed by atoms with Crippen LogP contribution in [0.1, 0.15) is 68.7 Å². The molecule has 1 atom stereocenters. The lowest BCUT2D eigenvalue weighted by molar-refractivity contribution is -0.137. The third-order valence-electron chi connectivity index (χ3n) is 7.03. The highest BCUT2D eigenvalue weighted by Crippen LogP contribution is 2.26. The van der Waals surface area contributed by atoms with Gasteiger partial charge in [-0.25, -0.2) is 9.89 Å². The fourth-order valence-electron chi connectivity index (χ4n) is 4.64. The van der Waals surface area contributed by atoms with Gasteiger partial charge in [-0.3, -0.25) is 4.79 Å². The number of hydrogen-bond acceptors (Lipinski definition) is 5. The van der Waals surface area contributed by atoms with E-state index in [-0.39, 0.29) is 23.6 Å². The molecule has 1 heterocycles. The van der Waals surface area contributed by atoms with E-state index in [2.05, 4.69) is 67.4 Å². The Morgan fingerprint density at radius 2 is 1.71 bits per heavy atom. The van der Waals surface area contributed by atoms with Gasteiger partial charge in [0.1, 0.15) is 12.4 Å². The van der Waals surface area contributed by atoms with Gasteiger partial charge in [-0.1, -0.05) is 93.9 Å². The van der Waals surface area contributed by atoms with E-state index in [1.807, 2.05) is 48.5 Å². The Morgan fingerprint density at radius 3 is 2.37 bits per heavy atom. The lowest BCUT2D eigenvalue weighted by Crippen LogP contribution is -2.10. The zero-order chi connectivity index (χ0) is 29.2. The summed E-state index contributed by atoms with van der Waals surface area (Å²) in [7, 11) is 0. The summed E-state index contributed by atoms with van der Waals surface area (Å²) in [5.41, 5.74) is 5.37. The van der Waals surface area contributed by atoms with Crippen LogP contribution in [0.2, 0.25) is 0 Å². The molecule has 0 aliphatic carbocycles. The van der Waals surface area contributed by atoms with Crippen molar-refractivity contribution in [1.82, 2.24) is 10.2 Å². The highest BCUT2D eigenvalue weighted by molar-refractivity contribution is 5.66. The number of carboxylic acid groups (broad SMARTS) is 1. The van der Waals surface area contributed by atoms with Crippen LogP contribution in [0, 0.1) is 5.92 Å². The standard InChI is InChI=1S/C34H38N2O5/c1-34(2,3)29-20-15-26(16-21-29)23-40-30-10-6-5-9-27(30)17-12-24(8-4-7-11-31(37)38)22-25-13-18-28(19-14-25)32-35-36-33(39)41-32/h5-6,9-10,12-21,24H,4,7-8,11,22-23H2,1-3H3,(H,36,39)(H,37,38)/b17-12+. The molecule has 2 N–H and O–H groups in total. The van der Waals surface area contributed by atoms with Gasteiger partial charge in [0.25, 0.3) is 0 Å². The molecule has 7 heteroatoms. The van der Waals surface area contributed by atoms with E-state index in [1.165, 1.54) is 5.56 Å². The monoisotopic (exact) mass is 554 g/mol. The van der Waals surface area contributed by atoms with Crippen LogP contribution in [0.3, 0.4) is 0 Å². The third-order valence-corrected chi connectivity index (χ3v) is 7.03. The van der Waals surface area contributed by atoms with Crippen molar-refractivity contribution in [2.75, 3.05) is 0 Å². The number of aliphatic carboxylic acids is 1. The average molecular weight is 555 g/mol. The normalized spacial score (nSPS) is 12.5. The molecule has 4 rings (SSSR count). The summed E-state index contributed by atoms with van der Waals surface area (Å²) in [4.78, 5) is 22.3. The number of benzene rings is 3. The van der Waals surface area contributed by atoms with Crippen LogP contribution >= 0.6 is 0 Å². The maximum absolute atomic E-state index is 11.3. The first kappa shape index (κ1) is 29.6. The maximum atomic E-state index is 11.3. The van der Waals surface area contributed by atoms with Crippen LogP contribution in [0.15, 0.2) is 88.1 Å². The number of rotatable bonds is 13. The van der Waals surface area contributed by atoms with Crippen molar-refractivity contribution in [2.24, 2.45) is 5.92 Å². The number of para-hydroxylation sites is 1. The van der Waals surface area contributed by atoms with Gasteiger partial charge < -0.3 is 14.3 Å². The molecular formula is C34H38N2O5. The minimum atomic E-state index is -0.767. The minimum absolute atomic E-state index is 0.111. The number of nitrogens with zero attached hydrogens (tertiary/aromatic N) is 1. The SMILES string of the molecule is CC(C)(C)c1ccc(COc2ccccc2/C=C/C(CCCCC(=O)O)Cc2ccc(-c3n[nH]c(=O)o3)cc2)cc1. The number of H-pyrrole nitrogens is 1. The number of allylic oxidation sites excluding steroid dienone is 1. The van der Waals surface area contributed by atoms with E-state index in [0.29, 0.717) is 13.0 Å². The summed E-state index contributed by atoms with van der Waals surface area (Å²) in [5.74, 6) is -0.0716. The molecule has 1 aromatic heterocycles. The molecule has 1 unspecified atom stereocenters. The summed E-state index contributed by atoms with van der Waals surface area (Å²) >= 11 is 0. The Hall–Kier alpha value is -4.39. The van der Waals surface area contributed by atoms with E-state index in [4.69, 9.17) is 14.3 Å². The third kappa shape index (κ3) is 9.07. The van der Waals surface area contributed by atoms with Gasteiger partial charge in [0.15, 0.2) is 0 Å². The molecule has 214 valence electrons. The summed E-state index contributed by atoms with van der Waals surface area (Å²) in [6.07, 6.45) is 7.59. The molecule has 0 radical (unpaired) electrons. The highest BCUT2D eigenvalue weighted by Gasteiger charge is 2.13. The van der Waals surface area contributed by atoms with Crippen LogP contribution in [-0.4, -0.2) is 21.3 Å². The van der Waals surface area contributed by atoms with Crippen LogP contribution in [0.5, 0.6) is 5.75 Å². The van der Waals surface area contributed by atoms with Crippen molar-refractivity contribution in [3.8, 4) is 17.2 Å². The summed E-state index contributed by atoms with van der Waals surface area (Å²) in [6, 6.07) is 24.4. The minimum Gasteiger partial charge on any atom is -0.488 e. The predicted octanol–water partition coefficient (Wildman–Crippen LogP) is 7.42. The van der Waals surface area contributed by atoms with E-state index in [1.54, 1.807) is 0 Å². The number of nitrogens with one attached hydrogen (secondary N) is 1. The fourth-order valence-corrected chi connectivity index (χ4v) is 4.64. The number of hydrogen-bond donors (Lipinski definition) is 2. The van der Waals surface area contributed by atoms with Gasteiger partial charge in [0.05, 0.1) is 0 Å². The molecule has 0 aliphatic heterocycles. The lowest BCUT2D eigenvalue weighted by Gasteiger charge is -2.19. The van der Waals surface area contributed by atoms with E-state index >= 15 is 0 Å². The summed E-state index contributed by atoms with van der Waals surface area (Å²) in [6.45, 7) is 7.10. The van der Waals surface area contributed by atoms with Crippen LogP contribution in [0.4, 0.5) is 0 Å². The Balaban J connectivity index is 1.45. The average Bonchev–Trinajstić information content (AvgIpc) is 3.39. The van der Waals surface area contributed by atoms with E-state index in [0.717, 1.165) is 47.3 Å². The van der Waals surface area contributed by atoms with E-state index < -0.39 is 11.7 Å². The number of carboxylic acids is 1. The molecule has 0 saturated carbocycles.